The summed E-state index contributed by atoms with van der Waals surface area (Å²) in [6, 6.07) is 13.1. The van der Waals surface area contributed by atoms with Gasteiger partial charge in [0, 0.05) is 21.2 Å². The topological polar surface area (TPSA) is 90.4 Å². The van der Waals surface area contributed by atoms with Gasteiger partial charge in [-0.1, -0.05) is 40.2 Å². The SMILES string of the molecule is O=C(NN=Cc1cc(Br)ccc1O)c1[nH]nc2c1CCc1ccccc1-2. The Morgan fingerprint density at radius 3 is 3.00 bits per heavy atom. The van der Waals surface area contributed by atoms with Gasteiger partial charge >= 0.3 is 0 Å². The molecular weight excluding hydrogens is 396 g/mol. The maximum absolute atomic E-state index is 12.5. The van der Waals surface area contributed by atoms with Crippen LogP contribution < -0.4 is 5.43 Å². The molecule has 0 atom stereocenters. The van der Waals surface area contributed by atoms with E-state index in [0.29, 0.717) is 11.3 Å². The van der Waals surface area contributed by atoms with E-state index in [1.807, 2.05) is 18.2 Å². The average molecular weight is 411 g/mol. The maximum atomic E-state index is 12.5. The highest BCUT2D eigenvalue weighted by Gasteiger charge is 2.24. The van der Waals surface area contributed by atoms with Crippen molar-refractivity contribution in [3.8, 4) is 17.0 Å². The van der Waals surface area contributed by atoms with Crippen LogP contribution >= 0.6 is 15.9 Å². The number of nitrogens with one attached hydrogen (secondary N) is 2. The van der Waals surface area contributed by atoms with Gasteiger partial charge in [-0.2, -0.15) is 10.2 Å². The molecule has 1 amide bonds. The zero-order chi connectivity index (χ0) is 18.1. The number of amides is 1. The number of carbonyl (C=O) groups excluding carboxylic acids is 1. The first-order valence-electron chi connectivity index (χ1n) is 8.11. The van der Waals surface area contributed by atoms with Crippen molar-refractivity contribution in [2.75, 3.05) is 0 Å². The quantitative estimate of drug-likeness (QED) is 0.456. The number of aromatic hydroxyl groups is 1. The summed E-state index contributed by atoms with van der Waals surface area (Å²) < 4.78 is 0.810. The molecule has 0 saturated heterocycles. The molecule has 0 saturated carbocycles. The number of rotatable bonds is 3. The van der Waals surface area contributed by atoms with Crippen molar-refractivity contribution in [1.29, 1.82) is 0 Å². The second-order valence-corrected chi connectivity index (χ2v) is 6.90. The van der Waals surface area contributed by atoms with Crippen LogP contribution in [0.2, 0.25) is 0 Å². The lowest BCUT2D eigenvalue weighted by atomic mass is 9.89. The third-order valence-corrected chi connectivity index (χ3v) is 4.86. The molecule has 0 unspecified atom stereocenters. The maximum Gasteiger partial charge on any atom is 0.289 e. The summed E-state index contributed by atoms with van der Waals surface area (Å²) in [5.41, 5.74) is 7.44. The summed E-state index contributed by atoms with van der Waals surface area (Å²) in [5.74, 6) is -0.273. The predicted octanol–water partition coefficient (Wildman–Crippen LogP) is 3.41. The monoisotopic (exact) mass is 410 g/mol. The van der Waals surface area contributed by atoms with Gasteiger partial charge in [-0.05, 0) is 36.6 Å². The van der Waals surface area contributed by atoms with Gasteiger partial charge in [-0.15, -0.1) is 0 Å². The molecule has 1 aliphatic carbocycles. The predicted molar refractivity (Wildman–Crippen MR) is 102 cm³/mol. The molecule has 0 fully saturated rings. The minimum atomic E-state index is -0.358. The number of hydrogen-bond donors (Lipinski definition) is 3. The number of aromatic amines is 1. The molecule has 1 aromatic heterocycles. The van der Waals surface area contributed by atoms with Crippen LogP contribution in [0, 0.1) is 0 Å². The van der Waals surface area contributed by atoms with Crippen LogP contribution in [-0.4, -0.2) is 27.4 Å². The van der Waals surface area contributed by atoms with Crippen molar-refractivity contribution in [3.05, 3.63) is 69.3 Å². The van der Waals surface area contributed by atoms with Gasteiger partial charge in [0.1, 0.15) is 11.4 Å². The van der Waals surface area contributed by atoms with Gasteiger partial charge in [0.2, 0.25) is 0 Å². The molecule has 130 valence electrons. The van der Waals surface area contributed by atoms with Crippen molar-refractivity contribution in [3.63, 3.8) is 0 Å². The molecule has 3 aromatic rings. The number of benzene rings is 2. The molecule has 0 radical (unpaired) electrons. The van der Waals surface area contributed by atoms with Crippen molar-refractivity contribution >= 4 is 28.1 Å². The summed E-state index contributed by atoms with van der Waals surface area (Å²) in [7, 11) is 0. The fraction of sp³-hybridized carbons (Fsp3) is 0.105. The van der Waals surface area contributed by atoms with E-state index in [4.69, 9.17) is 0 Å². The molecule has 2 aromatic carbocycles. The summed E-state index contributed by atoms with van der Waals surface area (Å²) in [4.78, 5) is 12.5. The van der Waals surface area contributed by atoms with Gasteiger partial charge in [-0.3, -0.25) is 9.89 Å². The largest absolute Gasteiger partial charge is 0.507 e. The summed E-state index contributed by atoms with van der Waals surface area (Å²) in [6.45, 7) is 0. The average Bonchev–Trinajstić information content (AvgIpc) is 3.09. The Balaban J connectivity index is 1.55. The van der Waals surface area contributed by atoms with Gasteiger partial charge in [0.25, 0.3) is 5.91 Å². The van der Waals surface area contributed by atoms with Crippen LogP contribution in [0.3, 0.4) is 0 Å². The number of hydrogen-bond acceptors (Lipinski definition) is 4. The fourth-order valence-electron chi connectivity index (χ4n) is 3.09. The van der Waals surface area contributed by atoms with E-state index >= 15 is 0 Å². The first-order chi connectivity index (χ1) is 12.6. The van der Waals surface area contributed by atoms with Crippen molar-refractivity contribution in [1.82, 2.24) is 15.6 Å². The zero-order valence-electron chi connectivity index (χ0n) is 13.7. The lowest BCUT2D eigenvalue weighted by molar-refractivity contribution is 0.0949. The minimum Gasteiger partial charge on any atom is -0.507 e. The van der Waals surface area contributed by atoms with Gasteiger partial charge in [0.15, 0.2) is 0 Å². The first kappa shape index (κ1) is 16.5. The molecule has 26 heavy (non-hydrogen) atoms. The Kier molecular flexibility index (Phi) is 4.30. The number of aryl methyl sites for hydroxylation is 1. The molecule has 1 aliphatic rings. The normalized spacial score (nSPS) is 12.7. The van der Waals surface area contributed by atoms with E-state index in [2.05, 4.69) is 42.7 Å². The molecule has 1 heterocycles. The number of aromatic nitrogens is 2. The van der Waals surface area contributed by atoms with E-state index in [1.165, 1.54) is 11.8 Å². The molecule has 6 nitrogen and oxygen atoms in total. The van der Waals surface area contributed by atoms with Crippen LogP contribution in [0.15, 0.2) is 52.0 Å². The fourth-order valence-corrected chi connectivity index (χ4v) is 3.47. The van der Waals surface area contributed by atoms with Crippen molar-refractivity contribution in [2.45, 2.75) is 12.8 Å². The number of halogens is 1. The zero-order valence-corrected chi connectivity index (χ0v) is 15.2. The van der Waals surface area contributed by atoms with Crippen molar-refractivity contribution < 1.29 is 9.90 Å². The second-order valence-electron chi connectivity index (χ2n) is 5.99. The Bertz CT molecular complexity index is 1030. The number of hydrazone groups is 1. The Hall–Kier alpha value is -2.93. The van der Waals surface area contributed by atoms with Crippen LogP contribution in [-0.2, 0) is 12.8 Å². The number of carbonyl (C=O) groups is 1. The Morgan fingerprint density at radius 1 is 1.27 bits per heavy atom. The van der Waals surface area contributed by atoms with E-state index in [-0.39, 0.29) is 11.7 Å². The third kappa shape index (κ3) is 3.01. The molecule has 0 aliphatic heterocycles. The highest BCUT2D eigenvalue weighted by atomic mass is 79.9. The van der Waals surface area contributed by atoms with Crippen LogP contribution in [0.1, 0.15) is 27.2 Å². The molecular formula is C19H15BrN4O2. The van der Waals surface area contributed by atoms with Crippen LogP contribution in [0.5, 0.6) is 5.75 Å². The molecule has 4 rings (SSSR count). The smallest absolute Gasteiger partial charge is 0.289 e. The number of nitrogens with zero attached hydrogens (tertiary/aromatic N) is 2. The van der Waals surface area contributed by atoms with E-state index in [9.17, 15) is 9.90 Å². The number of phenols is 1. The highest BCUT2D eigenvalue weighted by molar-refractivity contribution is 9.10. The summed E-state index contributed by atoms with van der Waals surface area (Å²) in [5, 5.41) is 20.9. The first-order valence-corrected chi connectivity index (χ1v) is 8.90. The van der Waals surface area contributed by atoms with E-state index in [0.717, 1.165) is 34.1 Å². The lowest BCUT2D eigenvalue weighted by Gasteiger charge is -2.15. The molecule has 7 heteroatoms. The van der Waals surface area contributed by atoms with Gasteiger partial charge in [0.05, 0.1) is 11.9 Å². The second kappa shape index (κ2) is 6.76. The van der Waals surface area contributed by atoms with E-state index < -0.39 is 0 Å². The number of H-pyrrole nitrogens is 1. The molecule has 3 N–H and O–H groups in total. The highest BCUT2D eigenvalue weighted by Crippen LogP contribution is 2.33. The Morgan fingerprint density at radius 2 is 2.12 bits per heavy atom. The number of phenolic OH excluding ortho intramolecular Hbond substituents is 1. The van der Waals surface area contributed by atoms with E-state index in [1.54, 1.807) is 18.2 Å². The minimum absolute atomic E-state index is 0.0849. The molecule has 0 spiro atoms. The van der Waals surface area contributed by atoms with Crippen molar-refractivity contribution in [2.24, 2.45) is 5.10 Å². The van der Waals surface area contributed by atoms with Gasteiger partial charge < -0.3 is 5.11 Å². The molecule has 0 bridgehead atoms. The van der Waals surface area contributed by atoms with Gasteiger partial charge in [-0.25, -0.2) is 5.43 Å². The summed E-state index contributed by atoms with van der Waals surface area (Å²) in [6.07, 6.45) is 3.02. The standard InChI is InChI=1S/C19H15BrN4O2/c20-13-6-8-16(25)12(9-13)10-21-24-19(26)18-15-7-5-11-3-1-2-4-14(11)17(15)22-23-18/h1-4,6,8-10,25H,5,7H2,(H,22,23)(H,24,26). The van der Waals surface area contributed by atoms with Crippen LogP contribution in [0.25, 0.3) is 11.3 Å². The summed E-state index contributed by atoms with van der Waals surface area (Å²) >= 11 is 3.33. The Labute approximate surface area is 158 Å². The third-order valence-electron chi connectivity index (χ3n) is 4.37. The number of fused-ring (bicyclic) bond motifs is 3. The van der Waals surface area contributed by atoms with Crippen LogP contribution in [0.4, 0.5) is 0 Å². The lowest BCUT2D eigenvalue weighted by Crippen LogP contribution is -2.20.